The summed E-state index contributed by atoms with van der Waals surface area (Å²) in [7, 11) is 1.64. The number of rotatable bonds is 5. The minimum Gasteiger partial charge on any atom is -0.389 e. The van der Waals surface area contributed by atoms with E-state index in [0.717, 1.165) is 0 Å². The van der Waals surface area contributed by atoms with Crippen LogP contribution in [0.3, 0.4) is 0 Å². The number of para-hydroxylation sites is 1. The van der Waals surface area contributed by atoms with E-state index in [2.05, 4.69) is 15.5 Å². The van der Waals surface area contributed by atoms with Crippen molar-refractivity contribution in [3.63, 3.8) is 0 Å². The molecular weight excluding hydrogens is 252 g/mol. The van der Waals surface area contributed by atoms with Crippen molar-refractivity contribution in [2.45, 2.75) is 12.2 Å². The molecule has 102 valence electrons. The van der Waals surface area contributed by atoms with Crippen LogP contribution >= 0.6 is 0 Å². The number of H-pyrrole nitrogens is 1. The van der Waals surface area contributed by atoms with Crippen LogP contribution in [0, 0.1) is 10.1 Å². The Morgan fingerprint density at radius 3 is 2.89 bits per heavy atom. The van der Waals surface area contributed by atoms with Gasteiger partial charge in [-0.3, -0.25) is 15.2 Å². The summed E-state index contributed by atoms with van der Waals surface area (Å²) in [6.07, 6.45) is -2.23. The molecule has 0 amide bonds. The number of aliphatic hydroxyl groups is 2. The first-order valence-corrected chi connectivity index (χ1v) is 5.68. The maximum absolute atomic E-state index is 10.9. The Hall–Kier alpha value is -2.03. The highest BCUT2D eigenvalue weighted by Gasteiger charge is 2.24. The summed E-state index contributed by atoms with van der Waals surface area (Å²) in [5.41, 5.74) is 0.287. The van der Waals surface area contributed by atoms with Crippen molar-refractivity contribution in [2.24, 2.45) is 0 Å². The number of aromatic nitrogens is 2. The molecule has 0 radical (unpaired) electrons. The van der Waals surface area contributed by atoms with Gasteiger partial charge in [0.05, 0.1) is 16.7 Å². The van der Waals surface area contributed by atoms with Crippen molar-refractivity contribution >= 4 is 16.6 Å². The summed E-state index contributed by atoms with van der Waals surface area (Å²) in [5, 5.41) is 40.2. The van der Waals surface area contributed by atoms with Gasteiger partial charge in [-0.15, -0.1) is 0 Å². The van der Waals surface area contributed by atoms with Gasteiger partial charge in [0.1, 0.15) is 6.10 Å². The number of nitrogens with zero attached hydrogens (tertiary/aromatic N) is 2. The van der Waals surface area contributed by atoms with Gasteiger partial charge in [-0.25, -0.2) is 0 Å². The molecule has 1 aromatic carbocycles. The second-order valence-corrected chi connectivity index (χ2v) is 4.14. The van der Waals surface area contributed by atoms with Crippen molar-refractivity contribution in [1.29, 1.82) is 0 Å². The fourth-order valence-corrected chi connectivity index (χ4v) is 1.93. The number of hydrogen-bond donors (Lipinski definition) is 4. The number of hydrogen-bond acceptors (Lipinski definition) is 6. The van der Waals surface area contributed by atoms with Crippen molar-refractivity contribution in [1.82, 2.24) is 15.5 Å². The lowest BCUT2D eigenvalue weighted by molar-refractivity contribution is -0.383. The van der Waals surface area contributed by atoms with E-state index in [1.165, 1.54) is 12.1 Å². The summed E-state index contributed by atoms with van der Waals surface area (Å²) in [5.74, 6) is 0. The highest BCUT2D eigenvalue weighted by molar-refractivity contribution is 5.89. The average molecular weight is 266 g/mol. The second-order valence-electron chi connectivity index (χ2n) is 4.14. The molecule has 0 aliphatic rings. The number of nitro groups is 1. The van der Waals surface area contributed by atoms with Gasteiger partial charge in [-0.1, -0.05) is 12.1 Å². The van der Waals surface area contributed by atoms with E-state index >= 15 is 0 Å². The molecule has 8 heteroatoms. The molecule has 0 bridgehead atoms. The van der Waals surface area contributed by atoms with Crippen molar-refractivity contribution in [2.75, 3.05) is 13.6 Å². The molecule has 2 unspecified atom stereocenters. The van der Waals surface area contributed by atoms with E-state index < -0.39 is 17.1 Å². The van der Waals surface area contributed by atoms with Crippen LogP contribution in [0.1, 0.15) is 11.8 Å². The lowest BCUT2D eigenvalue weighted by Crippen LogP contribution is -2.29. The van der Waals surface area contributed by atoms with Crippen LogP contribution in [0.4, 0.5) is 5.69 Å². The van der Waals surface area contributed by atoms with Crippen LogP contribution in [-0.4, -0.2) is 45.0 Å². The number of aromatic amines is 1. The molecule has 19 heavy (non-hydrogen) atoms. The normalized spacial score (nSPS) is 14.5. The largest absolute Gasteiger partial charge is 0.389 e. The molecular formula is C11H14N4O4. The fourth-order valence-electron chi connectivity index (χ4n) is 1.93. The van der Waals surface area contributed by atoms with E-state index in [1.807, 2.05) is 0 Å². The van der Waals surface area contributed by atoms with Gasteiger partial charge in [0.15, 0.2) is 5.52 Å². The highest BCUT2D eigenvalue weighted by atomic mass is 16.6. The Balaban J connectivity index is 2.46. The number of aliphatic hydroxyl groups excluding tert-OH is 2. The summed E-state index contributed by atoms with van der Waals surface area (Å²) in [6.45, 7) is 0.191. The van der Waals surface area contributed by atoms with Gasteiger partial charge < -0.3 is 15.5 Å². The highest BCUT2D eigenvalue weighted by Crippen LogP contribution is 2.29. The number of nitrogens with one attached hydrogen (secondary N) is 2. The fraction of sp³-hybridized carbons (Fsp3) is 0.364. The molecule has 8 nitrogen and oxygen atoms in total. The number of non-ortho nitro benzene ring substituents is 1. The Bertz CT molecular complexity index is 597. The van der Waals surface area contributed by atoms with Crippen molar-refractivity contribution in [3.05, 3.63) is 34.0 Å². The Kier molecular flexibility index (Phi) is 3.74. The van der Waals surface area contributed by atoms with Crippen molar-refractivity contribution in [3.8, 4) is 0 Å². The topological polar surface area (TPSA) is 124 Å². The van der Waals surface area contributed by atoms with E-state index in [1.54, 1.807) is 13.1 Å². The third-order valence-corrected chi connectivity index (χ3v) is 2.86. The van der Waals surface area contributed by atoms with Crippen molar-refractivity contribution < 1.29 is 15.1 Å². The molecule has 0 aliphatic carbocycles. The number of nitro benzene ring substituents is 1. The van der Waals surface area contributed by atoms with Crippen LogP contribution in [-0.2, 0) is 0 Å². The first kappa shape index (κ1) is 13.4. The zero-order valence-corrected chi connectivity index (χ0v) is 10.2. The monoisotopic (exact) mass is 266 g/mol. The molecule has 2 rings (SSSR count). The zero-order valence-electron chi connectivity index (χ0n) is 10.2. The number of likely N-dealkylation sites (N-methyl/N-ethyl adjacent to an activating group) is 1. The molecule has 1 heterocycles. The predicted octanol–water partition coefficient (Wildman–Crippen LogP) is 0.0848. The lowest BCUT2D eigenvalue weighted by Gasteiger charge is -2.16. The summed E-state index contributed by atoms with van der Waals surface area (Å²) >= 11 is 0. The first-order valence-electron chi connectivity index (χ1n) is 5.68. The van der Waals surface area contributed by atoms with Crippen LogP contribution in [0.15, 0.2) is 18.2 Å². The molecule has 0 saturated carbocycles. The Morgan fingerprint density at radius 2 is 2.26 bits per heavy atom. The predicted molar refractivity (Wildman–Crippen MR) is 67.6 cm³/mol. The van der Waals surface area contributed by atoms with E-state index in [4.69, 9.17) is 0 Å². The van der Waals surface area contributed by atoms with Gasteiger partial charge in [0.2, 0.25) is 0 Å². The van der Waals surface area contributed by atoms with Gasteiger partial charge >= 0.3 is 0 Å². The second kappa shape index (κ2) is 5.31. The number of fused-ring (bicyclic) bond motifs is 1. The molecule has 0 fully saturated rings. The van der Waals surface area contributed by atoms with Crippen LogP contribution in [0.2, 0.25) is 0 Å². The molecule has 2 atom stereocenters. The molecule has 0 saturated heterocycles. The third-order valence-electron chi connectivity index (χ3n) is 2.86. The molecule has 0 spiro atoms. The Labute approximate surface area is 108 Å². The van der Waals surface area contributed by atoms with E-state index in [0.29, 0.717) is 5.39 Å². The molecule has 2 aromatic rings. The molecule has 1 aromatic heterocycles. The quantitative estimate of drug-likeness (QED) is 0.449. The molecule has 4 N–H and O–H groups in total. The van der Waals surface area contributed by atoms with E-state index in [-0.39, 0.29) is 23.4 Å². The van der Waals surface area contributed by atoms with Crippen LogP contribution < -0.4 is 5.32 Å². The summed E-state index contributed by atoms with van der Waals surface area (Å²) < 4.78 is 0. The molecule has 0 aliphatic heterocycles. The third kappa shape index (κ3) is 2.41. The van der Waals surface area contributed by atoms with E-state index in [9.17, 15) is 20.3 Å². The van der Waals surface area contributed by atoms with Crippen LogP contribution in [0.25, 0.3) is 10.9 Å². The minimum atomic E-state index is -1.19. The summed E-state index contributed by atoms with van der Waals surface area (Å²) in [4.78, 5) is 10.3. The maximum Gasteiger partial charge on any atom is 0.297 e. The standard InChI is InChI=1S/C11H14N4O4/c1-12-5-8(16)11(17)10-6-3-2-4-7(15(18)19)9(6)13-14-10/h2-4,8,11-12,16-17H,5H2,1H3,(H,13,14). The van der Waals surface area contributed by atoms with Gasteiger partial charge in [0.25, 0.3) is 5.69 Å². The average Bonchev–Trinajstić information content (AvgIpc) is 2.81. The maximum atomic E-state index is 10.9. The number of benzene rings is 1. The zero-order chi connectivity index (χ0) is 14.0. The smallest absolute Gasteiger partial charge is 0.297 e. The van der Waals surface area contributed by atoms with Gasteiger partial charge in [-0.05, 0) is 7.05 Å². The minimum absolute atomic E-state index is 0.143. The summed E-state index contributed by atoms with van der Waals surface area (Å²) in [6, 6.07) is 4.45. The Morgan fingerprint density at radius 1 is 1.53 bits per heavy atom. The van der Waals surface area contributed by atoms with Crippen LogP contribution in [0.5, 0.6) is 0 Å². The van der Waals surface area contributed by atoms with Gasteiger partial charge in [0, 0.05) is 18.0 Å². The lowest BCUT2D eigenvalue weighted by atomic mass is 10.1. The van der Waals surface area contributed by atoms with Gasteiger partial charge in [-0.2, -0.15) is 5.10 Å². The SMILES string of the molecule is CNCC(O)C(O)c1[nH]nc2c([N+](=O)[O-])cccc12. The first-order chi connectivity index (χ1) is 9.06.